The maximum absolute atomic E-state index is 6.00. The fraction of sp³-hybridized carbons (Fsp3) is 0.400. The highest BCUT2D eigenvalue weighted by atomic mass is 35.5. The Kier molecular flexibility index (Phi) is 4.37. The third kappa shape index (κ3) is 3.05. The molecule has 1 unspecified atom stereocenters. The maximum atomic E-state index is 6.00. The predicted molar refractivity (Wildman–Crippen MR) is 60.1 cm³/mol. The van der Waals surface area contributed by atoms with Gasteiger partial charge in [0.2, 0.25) is 0 Å². The number of hydrogen-bond donors (Lipinski definition) is 0. The lowest BCUT2D eigenvalue weighted by atomic mass is 10.0. The molecule has 0 spiro atoms. The molecule has 0 saturated heterocycles. The van der Waals surface area contributed by atoms with E-state index in [1.165, 1.54) is 0 Å². The Morgan fingerprint density at radius 2 is 1.77 bits per heavy atom. The standard InChI is InChI=1S/C10H11Cl3/c1-7(6-11)5-8-9(12)3-2-4-10(8)13/h2-4,7H,5-6H2,1H3. The molecule has 0 aromatic heterocycles. The van der Waals surface area contributed by atoms with Gasteiger partial charge in [-0.1, -0.05) is 36.2 Å². The second-order valence-electron chi connectivity index (χ2n) is 3.16. The van der Waals surface area contributed by atoms with Gasteiger partial charge in [-0.25, -0.2) is 0 Å². The summed E-state index contributed by atoms with van der Waals surface area (Å²) >= 11 is 17.7. The Morgan fingerprint density at radius 1 is 1.23 bits per heavy atom. The largest absolute Gasteiger partial charge is 0.126 e. The molecule has 0 fully saturated rings. The van der Waals surface area contributed by atoms with Crippen LogP contribution in [0.5, 0.6) is 0 Å². The van der Waals surface area contributed by atoms with Crippen LogP contribution in [0.15, 0.2) is 18.2 Å². The first-order chi connectivity index (χ1) is 6.15. The first-order valence-corrected chi connectivity index (χ1v) is 5.43. The zero-order valence-electron chi connectivity index (χ0n) is 7.36. The molecule has 0 aliphatic carbocycles. The van der Waals surface area contributed by atoms with E-state index in [-0.39, 0.29) is 0 Å². The van der Waals surface area contributed by atoms with Crippen LogP contribution in [0.1, 0.15) is 12.5 Å². The van der Waals surface area contributed by atoms with E-state index in [4.69, 9.17) is 34.8 Å². The highest BCUT2D eigenvalue weighted by molar-refractivity contribution is 6.36. The average Bonchev–Trinajstić information content (AvgIpc) is 2.11. The molecule has 3 heteroatoms. The van der Waals surface area contributed by atoms with Crippen LogP contribution in [0, 0.1) is 5.92 Å². The molecular formula is C10H11Cl3. The Labute approximate surface area is 93.8 Å². The van der Waals surface area contributed by atoms with E-state index in [9.17, 15) is 0 Å². The predicted octanol–water partition coefficient (Wildman–Crippen LogP) is 4.41. The topological polar surface area (TPSA) is 0 Å². The van der Waals surface area contributed by atoms with E-state index < -0.39 is 0 Å². The Balaban J connectivity index is 2.87. The highest BCUT2D eigenvalue weighted by Gasteiger charge is 2.08. The summed E-state index contributed by atoms with van der Waals surface area (Å²) in [6.45, 7) is 2.08. The molecule has 0 aliphatic heterocycles. The minimum Gasteiger partial charge on any atom is -0.126 e. The van der Waals surface area contributed by atoms with Crippen molar-refractivity contribution in [1.29, 1.82) is 0 Å². The van der Waals surface area contributed by atoms with Gasteiger partial charge in [-0.05, 0) is 30.0 Å². The van der Waals surface area contributed by atoms with Gasteiger partial charge >= 0.3 is 0 Å². The number of benzene rings is 1. The van der Waals surface area contributed by atoms with Crippen molar-refractivity contribution in [3.8, 4) is 0 Å². The third-order valence-electron chi connectivity index (χ3n) is 1.88. The number of hydrogen-bond acceptors (Lipinski definition) is 0. The summed E-state index contributed by atoms with van der Waals surface area (Å²) in [5.74, 6) is 1.03. The van der Waals surface area contributed by atoms with E-state index in [1.807, 2.05) is 18.2 Å². The monoisotopic (exact) mass is 236 g/mol. The second kappa shape index (κ2) is 5.09. The lowest BCUT2D eigenvalue weighted by molar-refractivity contribution is 0.655. The van der Waals surface area contributed by atoms with Crippen molar-refractivity contribution < 1.29 is 0 Å². The van der Waals surface area contributed by atoms with Crippen molar-refractivity contribution >= 4 is 34.8 Å². The van der Waals surface area contributed by atoms with Crippen LogP contribution < -0.4 is 0 Å². The summed E-state index contributed by atoms with van der Waals surface area (Å²) < 4.78 is 0. The zero-order chi connectivity index (χ0) is 9.84. The molecule has 0 nitrogen and oxygen atoms in total. The van der Waals surface area contributed by atoms with Crippen molar-refractivity contribution in [2.45, 2.75) is 13.3 Å². The lowest BCUT2D eigenvalue weighted by Crippen LogP contribution is -2.02. The van der Waals surface area contributed by atoms with Crippen LogP contribution in [0.25, 0.3) is 0 Å². The Bertz CT molecular complexity index is 263. The van der Waals surface area contributed by atoms with Crippen molar-refractivity contribution in [3.05, 3.63) is 33.8 Å². The summed E-state index contributed by atoms with van der Waals surface area (Å²) in [5.41, 5.74) is 0.999. The first-order valence-electron chi connectivity index (χ1n) is 4.14. The van der Waals surface area contributed by atoms with Gasteiger partial charge in [0.05, 0.1) is 0 Å². The number of halogens is 3. The van der Waals surface area contributed by atoms with Gasteiger partial charge in [-0.15, -0.1) is 11.6 Å². The van der Waals surface area contributed by atoms with Gasteiger partial charge in [-0.2, -0.15) is 0 Å². The SMILES string of the molecule is CC(CCl)Cc1c(Cl)cccc1Cl. The number of rotatable bonds is 3. The minimum atomic E-state index is 0.402. The van der Waals surface area contributed by atoms with Crippen LogP contribution in [-0.2, 0) is 6.42 Å². The van der Waals surface area contributed by atoms with Crippen LogP contribution in [-0.4, -0.2) is 5.88 Å². The van der Waals surface area contributed by atoms with E-state index in [1.54, 1.807) is 0 Å². The molecule has 0 radical (unpaired) electrons. The molecule has 1 atom stereocenters. The molecule has 1 aromatic carbocycles. The summed E-state index contributed by atoms with van der Waals surface area (Å²) in [6.07, 6.45) is 0.835. The second-order valence-corrected chi connectivity index (χ2v) is 4.29. The molecule has 0 amide bonds. The van der Waals surface area contributed by atoms with Crippen LogP contribution in [0.3, 0.4) is 0 Å². The van der Waals surface area contributed by atoms with Crippen LogP contribution in [0.2, 0.25) is 10.0 Å². The third-order valence-corrected chi connectivity index (χ3v) is 3.11. The van der Waals surface area contributed by atoms with Crippen LogP contribution >= 0.6 is 34.8 Å². The average molecular weight is 238 g/mol. The molecule has 72 valence electrons. The normalized spacial score (nSPS) is 12.9. The van der Waals surface area contributed by atoms with Crippen molar-refractivity contribution in [1.82, 2.24) is 0 Å². The molecule has 0 saturated carbocycles. The summed E-state index contributed by atoms with van der Waals surface area (Å²) in [4.78, 5) is 0. The molecule has 13 heavy (non-hydrogen) atoms. The first kappa shape index (κ1) is 11.2. The van der Waals surface area contributed by atoms with Crippen molar-refractivity contribution in [2.75, 3.05) is 5.88 Å². The van der Waals surface area contributed by atoms with Crippen molar-refractivity contribution in [2.24, 2.45) is 5.92 Å². The van der Waals surface area contributed by atoms with E-state index >= 15 is 0 Å². The van der Waals surface area contributed by atoms with Crippen LogP contribution in [0.4, 0.5) is 0 Å². The molecule has 1 rings (SSSR count). The highest BCUT2D eigenvalue weighted by Crippen LogP contribution is 2.26. The Hall–Kier alpha value is 0.0900. The quantitative estimate of drug-likeness (QED) is 0.683. The van der Waals surface area contributed by atoms with Gasteiger partial charge in [0.15, 0.2) is 0 Å². The zero-order valence-corrected chi connectivity index (χ0v) is 9.63. The van der Waals surface area contributed by atoms with E-state index in [2.05, 4.69) is 6.92 Å². The lowest BCUT2D eigenvalue weighted by Gasteiger charge is -2.10. The molecule has 1 aromatic rings. The fourth-order valence-electron chi connectivity index (χ4n) is 1.13. The summed E-state index contributed by atoms with van der Waals surface area (Å²) in [6, 6.07) is 5.55. The van der Waals surface area contributed by atoms with Gasteiger partial charge in [-0.3, -0.25) is 0 Å². The molecule has 0 aliphatic rings. The smallest absolute Gasteiger partial charge is 0.0452 e. The van der Waals surface area contributed by atoms with E-state index in [0.717, 1.165) is 22.0 Å². The minimum absolute atomic E-state index is 0.402. The molecular weight excluding hydrogens is 226 g/mol. The fourth-order valence-corrected chi connectivity index (χ4v) is 1.79. The van der Waals surface area contributed by atoms with Crippen molar-refractivity contribution in [3.63, 3.8) is 0 Å². The summed E-state index contributed by atoms with van der Waals surface area (Å²) in [7, 11) is 0. The van der Waals surface area contributed by atoms with E-state index in [0.29, 0.717) is 11.8 Å². The maximum Gasteiger partial charge on any atom is 0.0452 e. The number of alkyl halides is 1. The van der Waals surface area contributed by atoms with Gasteiger partial charge in [0.1, 0.15) is 0 Å². The van der Waals surface area contributed by atoms with Gasteiger partial charge in [0.25, 0.3) is 0 Å². The summed E-state index contributed by atoms with van der Waals surface area (Å²) in [5, 5.41) is 1.45. The molecule has 0 heterocycles. The van der Waals surface area contributed by atoms with Gasteiger partial charge in [0, 0.05) is 15.9 Å². The molecule has 0 N–H and O–H groups in total. The Morgan fingerprint density at radius 3 is 2.23 bits per heavy atom. The molecule has 0 bridgehead atoms. The van der Waals surface area contributed by atoms with Gasteiger partial charge < -0.3 is 0 Å².